The SMILES string of the molecule is C=CCOc1ccccc1/C=C1/SC(=O)N([C@@H](N2CCN(c3cccc(Cl)c3)CC2)C(Cl)(Cl)Cl)C1=O. The number of amides is 2. The molecule has 0 bridgehead atoms. The molecule has 1 atom stereocenters. The molecule has 2 amide bonds. The molecule has 6 nitrogen and oxygen atoms in total. The van der Waals surface area contributed by atoms with E-state index in [0.29, 0.717) is 49.1 Å². The summed E-state index contributed by atoms with van der Waals surface area (Å²) >= 11 is 26.0. The van der Waals surface area contributed by atoms with E-state index in [2.05, 4.69) is 11.5 Å². The van der Waals surface area contributed by atoms with Crippen LogP contribution in [0.25, 0.3) is 6.08 Å². The number of carbonyl (C=O) groups is 2. The number of ether oxygens (including phenoxy) is 1. The van der Waals surface area contributed by atoms with Gasteiger partial charge in [-0.1, -0.05) is 83.3 Å². The van der Waals surface area contributed by atoms with Gasteiger partial charge in [-0.15, -0.1) is 0 Å². The number of thioether (sulfide) groups is 1. The van der Waals surface area contributed by atoms with Crippen molar-refractivity contribution in [1.82, 2.24) is 9.80 Å². The van der Waals surface area contributed by atoms with Crippen LogP contribution in [-0.2, 0) is 4.79 Å². The maximum Gasteiger partial charge on any atom is 0.295 e. The second kappa shape index (κ2) is 11.7. The third-order valence-electron chi connectivity index (χ3n) is 5.76. The smallest absolute Gasteiger partial charge is 0.295 e. The third kappa shape index (κ3) is 6.15. The van der Waals surface area contributed by atoms with E-state index in [9.17, 15) is 9.59 Å². The lowest BCUT2D eigenvalue weighted by atomic mass is 10.2. The van der Waals surface area contributed by atoms with Crippen LogP contribution in [0.15, 0.2) is 66.1 Å². The molecule has 4 rings (SSSR count). The Morgan fingerprint density at radius 3 is 2.44 bits per heavy atom. The van der Waals surface area contributed by atoms with Crippen molar-refractivity contribution >= 4 is 81.1 Å². The van der Waals surface area contributed by atoms with Crippen molar-refractivity contribution in [2.75, 3.05) is 37.7 Å². The number of hydrogen-bond donors (Lipinski definition) is 0. The maximum atomic E-state index is 13.4. The minimum absolute atomic E-state index is 0.228. The standard InChI is InChI=1S/C25H23Cl4N3O3S/c1-2-14-35-20-9-4-3-6-17(20)15-21-22(33)32(24(34)36-21)23(25(27,28)29)31-12-10-30(11-13-31)19-8-5-7-18(26)16-19/h2-9,15-16,23H,1,10-14H2/b21-15+/t23-/m1/s1. The highest BCUT2D eigenvalue weighted by Gasteiger charge is 2.51. The van der Waals surface area contributed by atoms with Crippen LogP contribution in [0.2, 0.25) is 5.02 Å². The fourth-order valence-corrected chi connectivity index (χ4v) is 5.86. The van der Waals surface area contributed by atoms with Gasteiger partial charge in [0.25, 0.3) is 11.1 Å². The minimum atomic E-state index is -1.91. The van der Waals surface area contributed by atoms with E-state index in [1.54, 1.807) is 24.3 Å². The number of para-hydroxylation sites is 1. The van der Waals surface area contributed by atoms with Gasteiger partial charge in [-0.25, -0.2) is 4.90 Å². The monoisotopic (exact) mass is 585 g/mol. The van der Waals surface area contributed by atoms with Crippen molar-refractivity contribution in [3.8, 4) is 5.75 Å². The van der Waals surface area contributed by atoms with Crippen LogP contribution in [0.3, 0.4) is 0 Å². The molecule has 0 radical (unpaired) electrons. The molecule has 2 fully saturated rings. The molecule has 0 saturated carbocycles. The van der Waals surface area contributed by atoms with E-state index in [4.69, 9.17) is 51.1 Å². The number of nitrogens with zero attached hydrogens (tertiary/aromatic N) is 3. The molecule has 2 aliphatic heterocycles. The molecule has 2 aromatic rings. The number of alkyl halides is 3. The highest BCUT2D eigenvalue weighted by molar-refractivity contribution is 8.18. The highest BCUT2D eigenvalue weighted by atomic mass is 35.6. The first-order valence-electron chi connectivity index (χ1n) is 11.1. The highest BCUT2D eigenvalue weighted by Crippen LogP contribution is 2.43. The van der Waals surface area contributed by atoms with E-state index in [1.807, 2.05) is 41.3 Å². The first-order chi connectivity index (χ1) is 17.2. The van der Waals surface area contributed by atoms with E-state index in [1.165, 1.54) is 0 Å². The van der Waals surface area contributed by atoms with Crippen molar-refractivity contribution in [1.29, 1.82) is 0 Å². The van der Waals surface area contributed by atoms with Gasteiger partial charge in [-0.05, 0) is 42.1 Å². The predicted octanol–water partition coefficient (Wildman–Crippen LogP) is 6.46. The van der Waals surface area contributed by atoms with Crippen LogP contribution in [0, 0.1) is 0 Å². The molecule has 36 heavy (non-hydrogen) atoms. The number of benzene rings is 2. The van der Waals surface area contributed by atoms with Crippen LogP contribution in [-0.4, -0.2) is 63.7 Å². The van der Waals surface area contributed by atoms with E-state index < -0.39 is 21.1 Å². The zero-order valence-corrected chi connectivity index (χ0v) is 22.9. The molecule has 190 valence electrons. The van der Waals surface area contributed by atoms with Gasteiger partial charge in [0, 0.05) is 42.5 Å². The number of imide groups is 1. The summed E-state index contributed by atoms with van der Waals surface area (Å²) in [6.45, 7) is 6.13. The lowest BCUT2D eigenvalue weighted by molar-refractivity contribution is -0.127. The zero-order chi connectivity index (χ0) is 25.9. The zero-order valence-electron chi connectivity index (χ0n) is 19.1. The summed E-state index contributed by atoms with van der Waals surface area (Å²) in [7, 11) is 0. The van der Waals surface area contributed by atoms with E-state index >= 15 is 0 Å². The topological polar surface area (TPSA) is 53.1 Å². The Kier molecular flexibility index (Phi) is 8.81. The number of halogens is 4. The molecule has 2 heterocycles. The largest absolute Gasteiger partial charge is 0.489 e. The molecule has 2 saturated heterocycles. The van der Waals surface area contributed by atoms with Crippen molar-refractivity contribution in [3.05, 3.63) is 76.7 Å². The van der Waals surface area contributed by atoms with Gasteiger partial charge < -0.3 is 9.64 Å². The summed E-state index contributed by atoms with van der Waals surface area (Å²) in [6.07, 6.45) is 2.19. The summed E-state index contributed by atoms with van der Waals surface area (Å²) in [5, 5.41) is 0.152. The number of hydrogen-bond acceptors (Lipinski definition) is 6. The molecular weight excluding hydrogens is 564 g/mol. The van der Waals surface area contributed by atoms with Crippen LogP contribution in [0.4, 0.5) is 10.5 Å². The third-order valence-corrected chi connectivity index (χ3v) is 7.46. The van der Waals surface area contributed by atoms with Crippen LogP contribution < -0.4 is 9.64 Å². The second-order valence-corrected chi connectivity index (χ2v) is 11.9. The van der Waals surface area contributed by atoms with Gasteiger partial charge in [0.1, 0.15) is 18.5 Å². The molecule has 0 N–H and O–H groups in total. The van der Waals surface area contributed by atoms with Crippen LogP contribution in [0.1, 0.15) is 5.56 Å². The van der Waals surface area contributed by atoms with Gasteiger partial charge in [-0.2, -0.15) is 0 Å². The van der Waals surface area contributed by atoms with Gasteiger partial charge >= 0.3 is 0 Å². The summed E-state index contributed by atoms with van der Waals surface area (Å²) < 4.78 is 3.76. The van der Waals surface area contributed by atoms with Gasteiger partial charge in [0.05, 0.1) is 4.91 Å². The Morgan fingerprint density at radius 2 is 1.78 bits per heavy atom. The molecule has 0 aromatic heterocycles. The fourth-order valence-electron chi connectivity index (χ4n) is 4.13. The Morgan fingerprint density at radius 1 is 1.06 bits per heavy atom. The van der Waals surface area contributed by atoms with Crippen molar-refractivity contribution in [3.63, 3.8) is 0 Å². The summed E-state index contributed by atoms with van der Waals surface area (Å²) in [6, 6.07) is 14.8. The molecule has 2 aromatic carbocycles. The number of rotatable bonds is 7. The molecule has 11 heteroatoms. The number of piperazine rings is 1. The fraction of sp³-hybridized carbons (Fsp3) is 0.280. The lowest BCUT2D eigenvalue weighted by Crippen LogP contribution is -2.61. The average Bonchev–Trinajstić information content (AvgIpc) is 3.11. The minimum Gasteiger partial charge on any atom is -0.489 e. The first kappa shape index (κ1) is 27.2. The van der Waals surface area contributed by atoms with Crippen molar-refractivity contribution in [2.45, 2.75) is 9.96 Å². The Hall–Kier alpha value is -1.87. The summed E-state index contributed by atoms with van der Waals surface area (Å²) in [5.74, 6) is 0.0522. The predicted molar refractivity (Wildman–Crippen MR) is 149 cm³/mol. The molecule has 0 aliphatic carbocycles. The van der Waals surface area contributed by atoms with Crippen LogP contribution in [0.5, 0.6) is 5.75 Å². The van der Waals surface area contributed by atoms with Crippen molar-refractivity contribution in [2.24, 2.45) is 0 Å². The number of anilines is 1. The normalized spacial score (nSPS) is 19.2. The average molecular weight is 587 g/mol. The Balaban J connectivity index is 1.55. The molecule has 0 unspecified atom stereocenters. The number of carbonyl (C=O) groups excluding carboxylic acids is 2. The Labute approximate surface area is 234 Å². The lowest BCUT2D eigenvalue weighted by Gasteiger charge is -2.44. The summed E-state index contributed by atoms with van der Waals surface area (Å²) in [4.78, 5) is 31.8. The van der Waals surface area contributed by atoms with E-state index in [0.717, 1.165) is 22.3 Å². The second-order valence-electron chi connectivity index (χ2n) is 8.11. The van der Waals surface area contributed by atoms with Crippen molar-refractivity contribution < 1.29 is 14.3 Å². The van der Waals surface area contributed by atoms with Gasteiger partial charge in [0.2, 0.25) is 3.79 Å². The molecule has 0 spiro atoms. The van der Waals surface area contributed by atoms with Crippen LogP contribution >= 0.6 is 58.2 Å². The van der Waals surface area contributed by atoms with Gasteiger partial charge in [-0.3, -0.25) is 14.5 Å². The molecule has 2 aliphatic rings. The molecular formula is C25H23Cl4N3O3S. The van der Waals surface area contributed by atoms with Gasteiger partial charge in [0.15, 0.2) is 0 Å². The Bertz CT molecular complexity index is 1180. The maximum absolute atomic E-state index is 13.4. The van der Waals surface area contributed by atoms with E-state index in [-0.39, 0.29) is 4.91 Å². The quantitative estimate of drug-likeness (QED) is 0.211. The first-order valence-corrected chi connectivity index (χ1v) is 13.4. The summed E-state index contributed by atoms with van der Waals surface area (Å²) in [5.41, 5.74) is 1.64.